The fourth-order valence-corrected chi connectivity index (χ4v) is 2.98. The molecule has 0 saturated heterocycles. The summed E-state index contributed by atoms with van der Waals surface area (Å²) in [6.07, 6.45) is 5.81. The number of carbonyl (C=O) groups excluding carboxylic acids is 1. The molecular formula is C16H23ClN2O2. The molecule has 0 spiro atoms. The normalized spacial score (nSPS) is 15.7. The summed E-state index contributed by atoms with van der Waals surface area (Å²) in [6.45, 7) is 1.17. The van der Waals surface area contributed by atoms with Gasteiger partial charge in [-0.2, -0.15) is 0 Å². The van der Waals surface area contributed by atoms with Gasteiger partial charge in [0, 0.05) is 30.4 Å². The predicted octanol–water partition coefficient (Wildman–Crippen LogP) is 4.15. The van der Waals surface area contributed by atoms with Gasteiger partial charge in [-0.05, 0) is 31.0 Å². The summed E-state index contributed by atoms with van der Waals surface area (Å²) in [4.78, 5) is 14.5. The van der Waals surface area contributed by atoms with E-state index < -0.39 is 0 Å². The molecule has 4 nitrogen and oxygen atoms in total. The van der Waals surface area contributed by atoms with E-state index in [4.69, 9.17) is 16.3 Å². The molecule has 0 bridgehead atoms. The number of urea groups is 1. The van der Waals surface area contributed by atoms with Crippen LogP contribution in [0.15, 0.2) is 24.3 Å². The van der Waals surface area contributed by atoms with E-state index in [2.05, 4.69) is 5.32 Å². The molecule has 21 heavy (non-hydrogen) atoms. The maximum Gasteiger partial charge on any atom is 0.322 e. The standard InChI is InChI=1S/C16H23ClN2O2/c1-21-11-10-19(15-8-3-2-4-9-15)16(20)18-14-7-5-6-13(17)12-14/h5-7,12,15H,2-4,8-11H2,1H3,(H,18,20). The van der Waals surface area contributed by atoms with Gasteiger partial charge < -0.3 is 15.0 Å². The van der Waals surface area contributed by atoms with Crippen molar-refractivity contribution in [2.45, 2.75) is 38.1 Å². The summed E-state index contributed by atoms with van der Waals surface area (Å²) in [5, 5.41) is 3.56. The third kappa shape index (κ3) is 4.90. The molecule has 1 aliphatic carbocycles. The first-order chi connectivity index (χ1) is 10.2. The number of hydrogen-bond acceptors (Lipinski definition) is 2. The molecule has 1 N–H and O–H groups in total. The van der Waals surface area contributed by atoms with Gasteiger partial charge in [0.25, 0.3) is 0 Å². The Hall–Kier alpha value is -1.26. The summed E-state index contributed by atoms with van der Waals surface area (Å²) in [5.41, 5.74) is 0.728. The summed E-state index contributed by atoms with van der Waals surface area (Å²) in [7, 11) is 1.66. The second kappa shape index (κ2) is 8.25. The zero-order chi connectivity index (χ0) is 15.1. The largest absolute Gasteiger partial charge is 0.383 e. The number of carbonyl (C=O) groups is 1. The van der Waals surface area contributed by atoms with Crippen LogP contribution in [0.2, 0.25) is 5.02 Å². The molecule has 0 aliphatic heterocycles. The van der Waals surface area contributed by atoms with Crippen molar-refractivity contribution in [3.05, 3.63) is 29.3 Å². The number of rotatable bonds is 5. The first kappa shape index (κ1) is 16.1. The molecule has 1 aromatic rings. The highest BCUT2D eigenvalue weighted by atomic mass is 35.5. The van der Waals surface area contributed by atoms with E-state index in [9.17, 15) is 4.79 Å². The molecule has 2 rings (SSSR count). The zero-order valence-electron chi connectivity index (χ0n) is 12.5. The lowest BCUT2D eigenvalue weighted by Gasteiger charge is -2.34. The van der Waals surface area contributed by atoms with Crippen LogP contribution in [0.4, 0.5) is 10.5 Å². The Morgan fingerprint density at radius 2 is 2.14 bits per heavy atom. The average Bonchev–Trinajstić information content (AvgIpc) is 2.49. The topological polar surface area (TPSA) is 41.6 Å². The molecule has 5 heteroatoms. The van der Waals surface area contributed by atoms with Gasteiger partial charge in [0.05, 0.1) is 6.61 Å². The van der Waals surface area contributed by atoms with Crippen LogP contribution < -0.4 is 5.32 Å². The Balaban J connectivity index is 2.02. The summed E-state index contributed by atoms with van der Waals surface area (Å²) >= 11 is 5.96. The fourth-order valence-electron chi connectivity index (χ4n) is 2.79. The quantitative estimate of drug-likeness (QED) is 0.887. The SMILES string of the molecule is COCCN(C(=O)Nc1cccc(Cl)c1)C1CCCCC1. The van der Waals surface area contributed by atoms with Crippen molar-refractivity contribution in [3.8, 4) is 0 Å². The van der Waals surface area contributed by atoms with Crippen LogP contribution in [0.25, 0.3) is 0 Å². The molecule has 1 aliphatic rings. The van der Waals surface area contributed by atoms with Crippen LogP contribution in [-0.4, -0.2) is 37.2 Å². The highest BCUT2D eigenvalue weighted by Gasteiger charge is 2.25. The lowest BCUT2D eigenvalue weighted by Crippen LogP contribution is -2.45. The number of anilines is 1. The molecule has 2 amide bonds. The summed E-state index contributed by atoms with van der Waals surface area (Å²) in [5.74, 6) is 0. The van der Waals surface area contributed by atoms with Gasteiger partial charge >= 0.3 is 6.03 Å². The van der Waals surface area contributed by atoms with Crippen molar-refractivity contribution in [1.82, 2.24) is 4.90 Å². The second-order valence-corrected chi connectivity index (χ2v) is 5.85. The van der Waals surface area contributed by atoms with Crippen LogP contribution in [0, 0.1) is 0 Å². The van der Waals surface area contributed by atoms with Gasteiger partial charge in [0.15, 0.2) is 0 Å². The lowest BCUT2D eigenvalue weighted by atomic mass is 9.94. The van der Waals surface area contributed by atoms with Crippen molar-refractivity contribution in [3.63, 3.8) is 0 Å². The molecule has 1 fully saturated rings. The Morgan fingerprint density at radius 3 is 2.81 bits per heavy atom. The number of methoxy groups -OCH3 is 1. The Labute approximate surface area is 131 Å². The number of amides is 2. The first-order valence-electron chi connectivity index (χ1n) is 7.53. The molecule has 0 aromatic heterocycles. The fraction of sp³-hybridized carbons (Fsp3) is 0.562. The second-order valence-electron chi connectivity index (χ2n) is 5.42. The minimum absolute atomic E-state index is 0.0683. The Kier molecular flexibility index (Phi) is 6.33. The van der Waals surface area contributed by atoms with Crippen molar-refractivity contribution in [2.75, 3.05) is 25.6 Å². The summed E-state index contributed by atoms with van der Waals surface area (Å²) in [6, 6.07) is 7.47. The number of halogens is 1. The van der Waals surface area contributed by atoms with Gasteiger partial charge in [-0.25, -0.2) is 4.79 Å². The van der Waals surface area contributed by atoms with Gasteiger partial charge in [-0.3, -0.25) is 0 Å². The van der Waals surface area contributed by atoms with E-state index in [-0.39, 0.29) is 6.03 Å². The van der Waals surface area contributed by atoms with E-state index in [0.29, 0.717) is 24.2 Å². The Morgan fingerprint density at radius 1 is 1.38 bits per heavy atom. The highest BCUT2D eigenvalue weighted by Crippen LogP contribution is 2.23. The van der Waals surface area contributed by atoms with Crippen LogP contribution in [0.5, 0.6) is 0 Å². The highest BCUT2D eigenvalue weighted by molar-refractivity contribution is 6.30. The molecule has 0 unspecified atom stereocenters. The van der Waals surface area contributed by atoms with Crippen LogP contribution in [0.3, 0.4) is 0 Å². The third-order valence-electron chi connectivity index (χ3n) is 3.89. The molecule has 116 valence electrons. The number of ether oxygens (including phenoxy) is 1. The van der Waals surface area contributed by atoms with Crippen LogP contribution in [-0.2, 0) is 4.74 Å². The van der Waals surface area contributed by atoms with E-state index in [0.717, 1.165) is 18.5 Å². The van der Waals surface area contributed by atoms with Gasteiger partial charge in [0.2, 0.25) is 0 Å². The summed E-state index contributed by atoms with van der Waals surface area (Å²) < 4.78 is 5.14. The maximum atomic E-state index is 12.5. The maximum absolute atomic E-state index is 12.5. The van der Waals surface area contributed by atoms with Crippen molar-refractivity contribution in [2.24, 2.45) is 0 Å². The minimum Gasteiger partial charge on any atom is -0.383 e. The van der Waals surface area contributed by atoms with Crippen LogP contribution in [0.1, 0.15) is 32.1 Å². The number of nitrogens with one attached hydrogen (secondary N) is 1. The monoisotopic (exact) mass is 310 g/mol. The van der Waals surface area contributed by atoms with E-state index in [1.807, 2.05) is 17.0 Å². The molecule has 0 atom stereocenters. The van der Waals surface area contributed by atoms with Gasteiger partial charge in [-0.15, -0.1) is 0 Å². The zero-order valence-corrected chi connectivity index (χ0v) is 13.2. The number of benzene rings is 1. The average molecular weight is 311 g/mol. The van der Waals surface area contributed by atoms with E-state index in [1.54, 1.807) is 19.2 Å². The van der Waals surface area contributed by atoms with Gasteiger partial charge in [-0.1, -0.05) is 36.9 Å². The molecule has 0 radical (unpaired) electrons. The van der Waals surface area contributed by atoms with Crippen LogP contribution >= 0.6 is 11.6 Å². The van der Waals surface area contributed by atoms with Crippen molar-refractivity contribution >= 4 is 23.3 Å². The van der Waals surface area contributed by atoms with Crippen molar-refractivity contribution in [1.29, 1.82) is 0 Å². The number of nitrogens with zero attached hydrogens (tertiary/aromatic N) is 1. The minimum atomic E-state index is -0.0683. The number of hydrogen-bond donors (Lipinski definition) is 1. The molecular weight excluding hydrogens is 288 g/mol. The van der Waals surface area contributed by atoms with Gasteiger partial charge in [0.1, 0.15) is 0 Å². The van der Waals surface area contributed by atoms with Crippen molar-refractivity contribution < 1.29 is 9.53 Å². The molecule has 0 heterocycles. The smallest absolute Gasteiger partial charge is 0.322 e. The molecule has 1 saturated carbocycles. The molecule has 1 aromatic carbocycles. The lowest BCUT2D eigenvalue weighted by molar-refractivity contribution is 0.123. The predicted molar refractivity (Wildman–Crippen MR) is 85.9 cm³/mol. The Bertz CT molecular complexity index is 461. The van der Waals surface area contributed by atoms with E-state index >= 15 is 0 Å². The first-order valence-corrected chi connectivity index (χ1v) is 7.90. The third-order valence-corrected chi connectivity index (χ3v) is 4.12. The van der Waals surface area contributed by atoms with E-state index in [1.165, 1.54) is 19.3 Å².